The van der Waals surface area contributed by atoms with Crippen molar-refractivity contribution in [1.82, 2.24) is 0 Å². The molecule has 4 nitrogen and oxygen atoms in total. The van der Waals surface area contributed by atoms with Gasteiger partial charge in [-0.2, -0.15) is 0 Å². The zero-order valence-electron chi connectivity index (χ0n) is 58.1. The highest BCUT2D eigenvalue weighted by Crippen LogP contribution is 2.56. The molecule has 0 unspecified atom stereocenters. The smallest absolute Gasteiger partial charge is 0.297 e. The number of rotatable bonds is 5. The Hall–Kier alpha value is -6.46. The van der Waals surface area contributed by atoms with Gasteiger partial charge in [-0.1, -0.05) is 164 Å². The van der Waals surface area contributed by atoms with E-state index in [2.05, 4.69) is 180 Å². The highest BCUT2D eigenvalue weighted by atomic mass is 16.3. The van der Waals surface area contributed by atoms with Crippen LogP contribution in [0, 0.1) is 0 Å². The van der Waals surface area contributed by atoms with Crippen LogP contribution in [-0.2, 0) is 37.9 Å². The van der Waals surface area contributed by atoms with Gasteiger partial charge in [-0.3, -0.25) is 0 Å². The molecule has 0 amide bonds. The third-order valence-corrected chi connectivity index (χ3v) is 19.4. The monoisotopic (exact) mass is 1020 g/mol. The first-order chi connectivity index (χ1) is 40.4. The van der Waals surface area contributed by atoms with Crippen molar-refractivity contribution in [2.75, 3.05) is 14.7 Å². The summed E-state index contributed by atoms with van der Waals surface area (Å²) in [6.45, 7) is 34.1. The molecule has 0 saturated heterocycles. The van der Waals surface area contributed by atoms with Crippen molar-refractivity contribution >= 4 is 85.5 Å². The largest absolute Gasteiger partial charge is 0.468 e. The van der Waals surface area contributed by atoms with Crippen molar-refractivity contribution in [1.29, 1.82) is 0 Å². The molecule has 0 N–H and O–H groups in total. The second kappa shape index (κ2) is 16.5. The van der Waals surface area contributed by atoms with Crippen LogP contribution in [0.25, 0.3) is 11.0 Å². The topological polar surface area (TPSA) is 22.9 Å². The Balaban J connectivity index is 1.26. The summed E-state index contributed by atoms with van der Waals surface area (Å²) in [5, 5.41) is 0.906. The van der Waals surface area contributed by atoms with Crippen LogP contribution in [0.2, 0.25) is 0 Å². The van der Waals surface area contributed by atoms with Crippen LogP contribution < -0.4 is 31.3 Å². The van der Waals surface area contributed by atoms with E-state index in [1.165, 1.54) is 38.3 Å². The third kappa shape index (κ3) is 7.66. The van der Waals surface area contributed by atoms with Crippen LogP contribution in [0.1, 0.15) is 195 Å². The lowest BCUT2D eigenvalue weighted by Crippen LogP contribution is -2.61. The molecule has 0 saturated carbocycles. The lowest BCUT2D eigenvalue weighted by Gasteiger charge is -2.47. The van der Waals surface area contributed by atoms with Crippen LogP contribution >= 0.6 is 0 Å². The predicted octanol–water partition coefficient (Wildman–Crippen LogP) is 18.3. The number of anilines is 9. The first-order valence-electron chi connectivity index (χ1n) is 33.2. The quantitative estimate of drug-likeness (QED) is 0.160. The molecule has 1 aromatic heterocycles. The van der Waals surface area contributed by atoms with Gasteiger partial charge in [0.05, 0.1) is 30.7 Å². The van der Waals surface area contributed by atoms with E-state index in [-0.39, 0.29) is 55.0 Å². The lowest BCUT2D eigenvalue weighted by atomic mass is 9.35. The summed E-state index contributed by atoms with van der Waals surface area (Å²) in [6.07, 6.45) is 5.98. The molecule has 3 aliphatic carbocycles. The van der Waals surface area contributed by atoms with Crippen molar-refractivity contribution in [2.45, 2.75) is 180 Å². The molecular formula is C72H80BN3O. The van der Waals surface area contributed by atoms with Gasteiger partial charge >= 0.3 is 0 Å². The lowest BCUT2D eigenvalue weighted by molar-refractivity contribution is 0.332. The van der Waals surface area contributed by atoms with Gasteiger partial charge in [0.15, 0.2) is 0 Å². The Bertz CT molecular complexity index is 4210. The van der Waals surface area contributed by atoms with E-state index in [0.29, 0.717) is 11.4 Å². The molecule has 0 fully saturated rings. The fourth-order valence-electron chi connectivity index (χ4n) is 14.2. The zero-order chi connectivity index (χ0) is 62.8. The minimum absolute atomic E-state index is 0.0971. The maximum atomic E-state index is 9.74. The van der Waals surface area contributed by atoms with Crippen LogP contribution in [0.3, 0.4) is 0 Å². The molecule has 77 heavy (non-hydrogen) atoms. The van der Waals surface area contributed by atoms with Crippen molar-refractivity contribution in [3.63, 3.8) is 0 Å². The summed E-state index contributed by atoms with van der Waals surface area (Å²) in [5.41, 5.74) is 15.4. The van der Waals surface area contributed by atoms with Crippen LogP contribution in [0.15, 0.2) is 144 Å². The van der Waals surface area contributed by atoms with Gasteiger partial charge in [0.1, 0.15) is 5.58 Å². The van der Waals surface area contributed by atoms with E-state index in [4.69, 9.17) is 7.16 Å². The molecule has 3 heterocycles. The van der Waals surface area contributed by atoms with E-state index < -0.39 is 67.1 Å². The van der Waals surface area contributed by atoms with E-state index in [1.54, 1.807) is 0 Å². The minimum atomic E-state index is -0.626. The van der Waals surface area contributed by atoms with Crippen molar-refractivity contribution in [2.24, 2.45) is 0 Å². The van der Waals surface area contributed by atoms with Crippen molar-refractivity contribution in [3.8, 4) is 0 Å². The average Bonchev–Trinajstić information content (AvgIpc) is 1.67. The molecule has 0 spiro atoms. The van der Waals surface area contributed by atoms with Crippen LogP contribution in [0.4, 0.5) is 51.2 Å². The van der Waals surface area contributed by atoms with Gasteiger partial charge in [-0.05, 0) is 205 Å². The predicted molar refractivity (Wildman–Crippen MR) is 329 cm³/mol. The molecule has 5 heteroatoms. The molecular weight excluding hydrogens is 934 g/mol. The number of hydrogen-bond donors (Lipinski definition) is 0. The maximum Gasteiger partial charge on any atom is 0.297 e. The molecule has 392 valence electrons. The molecule has 5 aliphatic rings. The second-order valence-corrected chi connectivity index (χ2v) is 28.3. The summed E-state index contributed by atoms with van der Waals surface area (Å²) in [6, 6.07) is 23.0. The fourth-order valence-corrected chi connectivity index (χ4v) is 14.2. The first-order valence-corrected chi connectivity index (χ1v) is 28.2. The Morgan fingerprint density at radius 3 is 1.40 bits per heavy atom. The van der Waals surface area contributed by atoms with E-state index in [0.717, 1.165) is 94.4 Å². The second-order valence-electron chi connectivity index (χ2n) is 28.3. The Labute approximate surface area is 475 Å². The maximum absolute atomic E-state index is 9.74. The molecule has 0 bridgehead atoms. The Morgan fingerprint density at radius 2 is 0.909 bits per heavy atom. The normalized spacial score (nSPS) is 21.4. The summed E-state index contributed by atoms with van der Waals surface area (Å²) < 4.78 is 101. The van der Waals surface area contributed by atoms with Gasteiger partial charge in [0, 0.05) is 45.2 Å². The number of furan rings is 1. The van der Waals surface area contributed by atoms with Gasteiger partial charge in [0.25, 0.3) is 6.71 Å². The zero-order valence-corrected chi connectivity index (χ0v) is 48.1. The van der Waals surface area contributed by atoms with E-state index in [1.807, 2.05) is 12.1 Å². The van der Waals surface area contributed by atoms with E-state index in [9.17, 15) is 11.0 Å². The summed E-state index contributed by atoms with van der Waals surface area (Å²) in [5.74, 6) is 0. The molecule has 13 rings (SSSR count). The van der Waals surface area contributed by atoms with E-state index >= 15 is 0 Å². The minimum Gasteiger partial charge on any atom is -0.468 e. The standard InChI is InChI=1S/C72H80BN3O/c1-66(2,3)45-26-31-62-51(38-45)64-65(77-62)73-58-43-56-57(72(14,15)37-36-71(56,12)13)44-59(58)75(48-27-29-52-54(39-48)69(8,9)34-32-67(52,4)5)60-41-50(74(46-22-18-16-19-23-46)47-24-20-17-21-25-47)42-61(63(60)73)76(64)49-28-30-53-55(40-49)70(10,11)35-33-68(53,6)7/h16-31,38-44H,32-37H2,1-15H3/i16D,17D,18D,19D,20D,21D,22D,23D,24D,25D. The highest BCUT2D eigenvalue weighted by Gasteiger charge is 2.50. The van der Waals surface area contributed by atoms with Crippen molar-refractivity contribution in [3.05, 3.63) is 178 Å². The summed E-state index contributed by atoms with van der Waals surface area (Å²) >= 11 is 0. The van der Waals surface area contributed by atoms with Crippen LogP contribution in [-0.4, -0.2) is 6.71 Å². The number of para-hydroxylation sites is 2. The number of hydrogen-bond acceptors (Lipinski definition) is 4. The van der Waals surface area contributed by atoms with Gasteiger partial charge < -0.3 is 19.1 Å². The SMILES string of the molecule is [2H]c1c([2H])c([2H])c(N(c2cc3c4c(c2)N(c2ccc5c(c2)C(C)(C)CCC5(C)C)c2c(oc5ccc(C(C)(C)C)cc25)B4c2cc4c(cc2N3c2ccc3c(c2)C(C)(C)CCC3(C)C)C(C)(C)CCC4(C)C)c2c([2H])c([2H])c([2H])c([2H])c2[2H])c([2H])c1[2H]. The van der Waals surface area contributed by atoms with Crippen LogP contribution in [0.5, 0.6) is 0 Å². The summed E-state index contributed by atoms with van der Waals surface area (Å²) in [7, 11) is 0. The Kier molecular flexibility index (Phi) is 8.56. The molecule has 0 radical (unpaired) electrons. The highest BCUT2D eigenvalue weighted by molar-refractivity contribution is 7.00. The molecule has 7 aromatic carbocycles. The third-order valence-electron chi connectivity index (χ3n) is 19.4. The number of fused-ring (bicyclic) bond motifs is 9. The average molecular weight is 1020 g/mol. The summed E-state index contributed by atoms with van der Waals surface area (Å²) in [4.78, 5) is 6.00. The Morgan fingerprint density at radius 1 is 0.468 bits per heavy atom. The first kappa shape index (κ1) is 39.8. The van der Waals surface area contributed by atoms with Gasteiger partial charge in [0.2, 0.25) is 0 Å². The molecule has 2 aliphatic heterocycles. The van der Waals surface area contributed by atoms with Gasteiger partial charge in [-0.25, -0.2) is 0 Å². The number of nitrogens with zero attached hydrogens (tertiary/aromatic N) is 3. The molecule has 8 aromatic rings. The van der Waals surface area contributed by atoms with Gasteiger partial charge in [-0.15, -0.1) is 0 Å². The molecule has 0 atom stereocenters. The number of benzene rings is 7. The van der Waals surface area contributed by atoms with Crippen molar-refractivity contribution < 1.29 is 18.1 Å². The fraction of sp³-hybridized carbons (Fsp3) is 0.389.